The van der Waals surface area contributed by atoms with E-state index in [1.807, 2.05) is 18.7 Å². The molecule has 2 saturated heterocycles. The van der Waals surface area contributed by atoms with Crippen LogP contribution in [0.4, 0.5) is 10.6 Å². The van der Waals surface area contributed by atoms with Crippen molar-refractivity contribution >= 4 is 47.1 Å². The Morgan fingerprint density at radius 2 is 2.03 bits per heavy atom. The second-order valence-electron chi connectivity index (χ2n) is 7.75. The van der Waals surface area contributed by atoms with E-state index in [0.717, 1.165) is 12.8 Å². The number of amides is 3. The molecule has 0 aromatic carbocycles. The fourth-order valence-corrected chi connectivity index (χ4v) is 4.42. The number of carbonyl (C=O) groups is 3. The lowest BCUT2D eigenvalue weighted by atomic mass is 9.97. The third-order valence-corrected chi connectivity index (χ3v) is 6.17. The number of carbonyl (C=O) groups excluding carboxylic acids is 3. The van der Waals surface area contributed by atoms with Gasteiger partial charge < -0.3 is 15.0 Å². The molecule has 158 valence electrons. The van der Waals surface area contributed by atoms with Crippen LogP contribution in [0.2, 0.25) is 5.02 Å². The molecular weight excluding hydrogens is 416 g/mol. The van der Waals surface area contributed by atoms with Gasteiger partial charge in [0.1, 0.15) is 12.4 Å². The largest absolute Gasteiger partial charge is 0.447 e. The van der Waals surface area contributed by atoms with Gasteiger partial charge in [0.05, 0.1) is 22.1 Å². The monoisotopic (exact) mass is 440 g/mol. The number of piperidine rings is 1. The van der Waals surface area contributed by atoms with Crippen molar-refractivity contribution in [2.45, 2.75) is 38.3 Å². The Bertz CT molecular complexity index is 766. The van der Waals surface area contributed by atoms with Gasteiger partial charge in [-0.1, -0.05) is 11.6 Å². The molecule has 0 spiro atoms. The van der Waals surface area contributed by atoms with Gasteiger partial charge in [0.15, 0.2) is 0 Å². The molecule has 3 amide bonds. The lowest BCUT2D eigenvalue weighted by molar-refractivity contribution is -0.129. The minimum Gasteiger partial charge on any atom is -0.447 e. The van der Waals surface area contributed by atoms with Crippen LogP contribution in [0.1, 0.15) is 26.7 Å². The van der Waals surface area contributed by atoms with Gasteiger partial charge in [-0.25, -0.2) is 9.78 Å². The minimum atomic E-state index is -0.309. The van der Waals surface area contributed by atoms with Gasteiger partial charge in [0.2, 0.25) is 11.8 Å². The molecule has 8 nitrogen and oxygen atoms in total. The van der Waals surface area contributed by atoms with E-state index in [2.05, 4.69) is 10.3 Å². The van der Waals surface area contributed by atoms with Crippen LogP contribution in [0, 0.1) is 0 Å². The highest BCUT2D eigenvalue weighted by Gasteiger charge is 2.44. The molecule has 29 heavy (non-hydrogen) atoms. The molecule has 10 heteroatoms. The molecule has 0 bridgehead atoms. The number of halogens is 1. The maximum absolute atomic E-state index is 12.4. The summed E-state index contributed by atoms with van der Waals surface area (Å²) in [7, 11) is 0. The Morgan fingerprint density at radius 3 is 2.62 bits per heavy atom. The second-order valence-corrected chi connectivity index (χ2v) is 9.17. The molecule has 1 aromatic heterocycles. The standard InChI is InChI=1S/C19H25ClN4O4S/c1-19(2)12-28-18(27)24(19)14-5-7-23(8-6-14)17(26)11-29-10-16(25)22-15-4-3-13(20)9-21-15/h3-4,9,14H,5-8,10-12H2,1-2H3,(H,21,22,25). The fraction of sp³-hybridized carbons (Fsp3) is 0.579. The van der Waals surface area contributed by atoms with E-state index >= 15 is 0 Å². The highest BCUT2D eigenvalue weighted by atomic mass is 35.5. The number of pyridine rings is 1. The second kappa shape index (κ2) is 9.21. The fourth-order valence-electron chi connectivity index (χ4n) is 3.59. The first kappa shape index (κ1) is 21.7. The molecule has 0 saturated carbocycles. The normalized spacial score (nSPS) is 19.2. The van der Waals surface area contributed by atoms with Crippen molar-refractivity contribution < 1.29 is 19.1 Å². The van der Waals surface area contributed by atoms with Crippen LogP contribution >= 0.6 is 23.4 Å². The first-order valence-electron chi connectivity index (χ1n) is 9.49. The Kier molecular flexibility index (Phi) is 6.89. The van der Waals surface area contributed by atoms with E-state index in [1.54, 1.807) is 17.0 Å². The molecule has 0 aliphatic carbocycles. The number of rotatable bonds is 6. The Hall–Kier alpha value is -2.00. The smallest absolute Gasteiger partial charge is 0.410 e. The van der Waals surface area contributed by atoms with Gasteiger partial charge in [-0.2, -0.15) is 0 Å². The van der Waals surface area contributed by atoms with Crippen molar-refractivity contribution in [3.05, 3.63) is 23.4 Å². The van der Waals surface area contributed by atoms with Crippen molar-refractivity contribution in [2.75, 3.05) is 36.5 Å². The third-order valence-electron chi connectivity index (χ3n) is 5.03. The predicted molar refractivity (Wildman–Crippen MR) is 112 cm³/mol. The molecule has 0 unspecified atom stereocenters. The van der Waals surface area contributed by atoms with Crippen molar-refractivity contribution in [2.24, 2.45) is 0 Å². The van der Waals surface area contributed by atoms with E-state index in [1.165, 1.54) is 18.0 Å². The zero-order valence-corrected chi connectivity index (χ0v) is 18.1. The van der Waals surface area contributed by atoms with Crippen LogP contribution in [0.25, 0.3) is 0 Å². The maximum Gasteiger partial charge on any atom is 0.410 e. The first-order chi connectivity index (χ1) is 13.8. The van der Waals surface area contributed by atoms with Crippen molar-refractivity contribution in [1.29, 1.82) is 0 Å². The SMILES string of the molecule is CC1(C)COC(=O)N1C1CCN(C(=O)CSCC(=O)Nc2ccc(Cl)cn2)CC1. The van der Waals surface area contributed by atoms with Crippen LogP contribution in [-0.4, -0.2) is 75.5 Å². The number of nitrogens with zero attached hydrogens (tertiary/aromatic N) is 3. The summed E-state index contributed by atoms with van der Waals surface area (Å²) in [5.74, 6) is 0.626. The molecule has 3 heterocycles. The Morgan fingerprint density at radius 1 is 1.31 bits per heavy atom. The van der Waals surface area contributed by atoms with Gasteiger partial charge in [0.25, 0.3) is 0 Å². The van der Waals surface area contributed by atoms with E-state index in [0.29, 0.717) is 30.5 Å². The summed E-state index contributed by atoms with van der Waals surface area (Å²) in [6.07, 6.45) is 2.66. The van der Waals surface area contributed by atoms with E-state index in [4.69, 9.17) is 16.3 Å². The van der Waals surface area contributed by atoms with Crippen LogP contribution in [-0.2, 0) is 14.3 Å². The number of hydrogen-bond donors (Lipinski definition) is 1. The predicted octanol–water partition coefficient (Wildman–Crippen LogP) is 2.63. The van der Waals surface area contributed by atoms with Crippen LogP contribution < -0.4 is 5.32 Å². The third kappa shape index (κ3) is 5.54. The summed E-state index contributed by atoms with van der Waals surface area (Å²) in [6.45, 7) is 5.60. The van der Waals surface area contributed by atoms with Crippen LogP contribution in [0.15, 0.2) is 18.3 Å². The van der Waals surface area contributed by atoms with Gasteiger partial charge in [-0.15, -0.1) is 11.8 Å². The number of hydrogen-bond acceptors (Lipinski definition) is 6. The van der Waals surface area contributed by atoms with Crippen molar-refractivity contribution in [3.8, 4) is 0 Å². The summed E-state index contributed by atoms with van der Waals surface area (Å²) >= 11 is 7.03. The van der Waals surface area contributed by atoms with Crippen LogP contribution in [0.3, 0.4) is 0 Å². The number of likely N-dealkylation sites (tertiary alicyclic amines) is 1. The first-order valence-corrected chi connectivity index (χ1v) is 11.0. The molecule has 0 atom stereocenters. The lowest BCUT2D eigenvalue weighted by Gasteiger charge is -2.40. The lowest BCUT2D eigenvalue weighted by Crippen LogP contribution is -2.53. The van der Waals surface area contributed by atoms with Gasteiger partial charge in [0, 0.05) is 25.3 Å². The summed E-state index contributed by atoms with van der Waals surface area (Å²) < 4.78 is 5.19. The van der Waals surface area contributed by atoms with E-state index in [-0.39, 0.29) is 41.0 Å². The van der Waals surface area contributed by atoms with Crippen molar-refractivity contribution in [1.82, 2.24) is 14.8 Å². The van der Waals surface area contributed by atoms with Gasteiger partial charge in [-0.3, -0.25) is 14.5 Å². The molecule has 2 aliphatic rings. The number of ether oxygens (including phenoxy) is 1. The van der Waals surface area contributed by atoms with E-state index < -0.39 is 0 Å². The number of thioether (sulfide) groups is 1. The highest BCUT2D eigenvalue weighted by molar-refractivity contribution is 8.00. The molecule has 2 fully saturated rings. The molecular formula is C19H25ClN4O4S. The summed E-state index contributed by atoms with van der Waals surface area (Å²) in [4.78, 5) is 44.0. The molecule has 0 radical (unpaired) electrons. The number of anilines is 1. The molecule has 1 N–H and O–H groups in total. The number of cyclic esters (lactones) is 1. The van der Waals surface area contributed by atoms with Gasteiger partial charge >= 0.3 is 6.09 Å². The summed E-state index contributed by atoms with van der Waals surface area (Å²) in [5, 5.41) is 3.16. The zero-order chi connectivity index (χ0) is 21.0. The maximum atomic E-state index is 12.4. The number of nitrogens with one attached hydrogen (secondary N) is 1. The van der Waals surface area contributed by atoms with Crippen molar-refractivity contribution in [3.63, 3.8) is 0 Å². The molecule has 1 aromatic rings. The summed E-state index contributed by atoms with van der Waals surface area (Å²) in [6, 6.07) is 3.36. The summed E-state index contributed by atoms with van der Waals surface area (Å²) in [5.41, 5.74) is -0.309. The Balaban J connectivity index is 1.38. The van der Waals surface area contributed by atoms with Gasteiger partial charge in [-0.05, 0) is 38.8 Å². The van der Waals surface area contributed by atoms with Crippen LogP contribution in [0.5, 0.6) is 0 Å². The minimum absolute atomic E-state index is 0.00845. The quantitative estimate of drug-likeness (QED) is 0.731. The molecule has 2 aliphatic heterocycles. The number of aromatic nitrogens is 1. The van der Waals surface area contributed by atoms with E-state index in [9.17, 15) is 14.4 Å². The average molecular weight is 441 g/mol. The highest BCUT2D eigenvalue weighted by Crippen LogP contribution is 2.30. The molecule has 3 rings (SSSR count). The topological polar surface area (TPSA) is 91.8 Å². The Labute approximate surface area is 179 Å². The average Bonchev–Trinajstić information content (AvgIpc) is 2.96. The zero-order valence-electron chi connectivity index (χ0n) is 16.5.